The molecule has 0 unspecified atom stereocenters. The van der Waals surface area contributed by atoms with Gasteiger partial charge in [0.1, 0.15) is 24.4 Å². The lowest BCUT2D eigenvalue weighted by atomic mass is 10.1. The number of aliphatic hydroxyl groups excluding tert-OH is 6. The molecular formula is C11H16O10. The first-order valence-electron chi connectivity index (χ1n) is 6.12. The maximum Gasteiger partial charge on any atom is 0.378 e. The van der Waals surface area contributed by atoms with Gasteiger partial charge in [-0.2, -0.15) is 0 Å². The van der Waals surface area contributed by atoms with E-state index < -0.39 is 60.9 Å². The fourth-order valence-corrected chi connectivity index (χ4v) is 1.92. The highest BCUT2D eigenvalue weighted by molar-refractivity contribution is 5.89. The molecule has 1 fully saturated rings. The van der Waals surface area contributed by atoms with Crippen LogP contribution in [0.3, 0.4) is 0 Å². The molecule has 0 spiro atoms. The predicted molar refractivity (Wildman–Crippen MR) is 61.5 cm³/mol. The monoisotopic (exact) mass is 308 g/mol. The molecule has 0 saturated carbocycles. The molecule has 2 aliphatic rings. The molecule has 120 valence electrons. The summed E-state index contributed by atoms with van der Waals surface area (Å²) in [4.78, 5) is 11.5. The maximum absolute atomic E-state index is 11.5. The molecule has 0 amide bonds. The number of esters is 1. The lowest BCUT2D eigenvalue weighted by Crippen LogP contribution is -2.53. The summed E-state index contributed by atoms with van der Waals surface area (Å²) in [7, 11) is 0. The third-order valence-corrected chi connectivity index (χ3v) is 3.15. The summed E-state index contributed by atoms with van der Waals surface area (Å²) >= 11 is 0. The van der Waals surface area contributed by atoms with Crippen LogP contribution in [0, 0.1) is 0 Å². The Labute approximate surface area is 118 Å². The molecule has 6 N–H and O–H groups in total. The summed E-state index contributed by atoms with van der Waals surface area (Å²) in [5.41, 5.74) is 0. The van der Waals surface area contributed by atoms with Crippen LogP contribution >= 0.6 is 0 Å². The van der Waals surface area contributed by atoms with Crippen LogP contribution in [0.4, 0.5) is 0 Å². The summed E-state index contributed by atoms with van der Waals surface area (Å²) in [5, 5.41) is 56.3. The zero-order chi connectivity index (χ0) is 15.7. The average molecular weight is 308 g/mol. The second-order valence-corrected chi connectivity index (χ2v) is 4.66. The van der Waals surface area contributed by atoms with Gasteiger partial charge in [-0.25, -0.2) is 4.79 Å². The first-order chi connectivity index (χ1) is 9.86. The summed E-state index contributed by atoms with van der Waals surface area (Å²) in [6.45, 7) is -1.11. The lowest BCUT2D eigenvalue weighted by Gasteiger charge is -2.34. The van der Waals surface area contributed by atoms with Crippen molar-refractivity contribution in [2.75, 3.05) is 13.2 Å². The molecule has 6 atom stereocenters. The molecule has 2 rings (SSSR count). The van der Waals surface area contributed by atoms with Crippen LogP contribution in [-0.4, -0.2) is 86.6 Å². The Morgan fingerprint density at radius 3 is 2.57 bits per heavy atom. The Morgan fingerprint density at radius 2 is 1.95 bits per heavy atom. The molecular weight excluding hydrogens is 292 g/mol. The van der Waals surface area contributed by atoms with Crippen molar-refractivity contribution in [3.05, 3.63) is 11.5 Å². The van der Waals surface area contributed by atoms with Crippen molar-refractivity contribution in [2.24, 2.45) is 0 Å². The summed E-state index contributed by atoms with van der Waals surface area (Å²) in [6.07, 6.45) is -9.08. The minimum absolute atomic E-state index is 0.353. The van der Waals surface area contributed by atoms with Gasteiger partial charge in [-0.3, -0.25) is 0 Å². The van der Waals surface area contributed by atoms with E-state index in [1.807, 2.05) is 0 Å². The fraction of sp³-hybridized carbons (Fsp3) is 0.727. The van der Waals surface area contributed by atoms with Gasteiger partial charge < -0.3 is 44.8 Å². The Hall–Kier alpha value is -1.43. The Bertz CT molecular complexity index is 435. The highest BCUT2D eigenvalue weighted by Gasteiger charge is 2.45. The van der Waals surface area contributed by atoms with Gasteiger partial charge >= 0.3 is 5.97 Å². The van der Waals surface area contributed by atoms with Crippen molar-refractivity contribution in [3.8, 4) is 0 Å². The molecule has 0 bridgehead atoms. The third kappa shape index (κ3) is 2.95. The van der Waals surface area contributed by atoms with Gasteiger partial charge in [-0.1, -0.05) is 0 Å². The first-order valence-corrected chi connectivity index (χ1v) is 6.12. The Balaban J connectivity index is 2.11. The summed E-state index contributed by atoms with van der Waals surface area (Å²) < 4.78 is 14.5. The normalized spacial score (nSPS) is 38.3. The minimum Gasteiger partial charge on any atom is -0.505 e. The van der Waals surface area contributed by atoms with Gasteiger partial charge in [-0.05, 0) is 0 Å². The highest BCUT2D eigenvalue weighted by Crippen LogP contribution is 2.27. The molecule has 1 saturated heterocycles. The van der Waals surface area contributed by atoms with Crippen molar-refractivity contribution in [3.63, 3.8) is 0 Å². The van der Waals surface area contributed by atoms with Crippen molar-refractivity contribution >= 4 is 5.97 Å². The van der Waals surface area contributed by atoms with Crippen molar-refractivity contribution in [1.82, 2.24) is 0 Å². The van der Waals surface area contributed by atoms with E-state index in [1.54, 1.807) is 0 Å². The van der Waals surface area contributed by atoms with Gasteiger partial charge in [-0.15, -0.1) is 0 Å². The quantitative estimate of drug-likeness (QED) is 0.287. The zero-order valence-electron chi connectivity index (χ0n) is 10.7. The van der Waals surface area contributed by atoms with E-state index in [1.165, 1.54) is 0 Å². The van der Waals surface area contributed by atoms with Crippen LogP contribution in [0.2, 0.25) is 0 Å². The molecule has 0 aromatic carbocycles. The van der Waals surface area contributed by atoms with E-state index in [0.717, 1.165) is 0 Å². The number of hydrogen-bond acceptors (Lipinski definition) is 10. The van der Waals surface area contributed by atoms with Gasteiger partial charge in [0, 0.05) is 0 Å². The van der Waals surface area contributed by atoms with E-state index in [0.29, 0.717) is 0 Å². The zero-order valence-corrected chi connectivity index (χ0v) is 10.7. The number of rotatable bonds is 4. The van der Waals surface area contributed by atoms with Crippen molar-refractivity contribution < 1.29 is 49.6 Å². The molecule has 0 aromatic rings. The molecule has 10 nitrogen and oxygen atoms in total. The van der Waals surface area contributed by atoms with Crippen LogP contribution in [0.1, 0.15) is 0 Å². The van der Waals surface area contributed by atoms with Crippen molar-refractivity contribution in [2.45, 2.75) is 36.8 Å². The predicted octanol–water partition coefficient (Wildman–Crippen LogP) is -3.51. The first kappa shape index (κ1) is 15.9. The number of cyclic esters (lactones) is 1. The Kier molecular flexibility index (Phi) is 4.66. The van der Waals surface area contributed by atoms with Crippen LogP contribution < -0.4 is 0 Å². The molecule has 2 heterocycles. The maximum atomic E-state index is 11.5. The molecule has 0 aliphatic carbocycles. The SMILES string of the molecule is O=C1O[C@H]([C@@H](O)CO)C(O)=C1O[C@@H]1OC[C@@H](O)[C@@H](O)[C@@H]1O. The van der Waals surface area contributed by atoms with Crippen LogP contribution in [0.5, 0.6) is 0 Å². The topological polar surface area (TPSA) is 166 Å². The van der Waals surface area contributed by atoms with E-state index in [4.69, 9.17) is 14.6 Å². The van der Waals surface area contributed by atoms with Gasteiger partial charge in [0.25, 0.3) is 0 Å². The van der Waals surface area contributed by atoms with Crippen molar-refractivity contribution in [1.29, 1.82) is 0 Å². The number of aliphatic hydroxyl groups is 6. The minimum atomic E-state index is -1.66. The van der Waals surface area contributed by atoms with Crippen LogP contribution in [-0.2, 0) is 19.0 Å². The summed E-state index contributed by atoms with van der Waals surface area (Å²) in [5.74, 6) is -2.60. The fourth-order valence-electron chi connectivity index (χ4n) is 1.92. The third-order valence-electron chi connectivity index (χ3n) is 3.15. The Morgan fingerprint density at radius 1 is 1.29 bits per heavy atom. The number of carbonyl (C=O) groups is 1. The largest absolute Gasteiger partial charge is 0.505 e. The number of ether oxygens (including phenoxy) is 3. The molecule has 2 aliphatic heterocycles. The van der Waals surface area contributed by atoms with E-state index >= 15 is 0 Å². The van der Waals surface area contributed by atoms with E-state index in [2.05, 4.69) is 4.74 Å². The van der Waals surface area contributed by atoms with Crippen LogP contribution in [0.25, 0.3) is 0 Å². The number of hydrogen-bond donors (Lipinski definition) is 6. The average Bonchev–Trinajstić information content (AvgIpc) is 2.74. The van der Waals surface area contributed by atoms with E-state index in [-0.39, 0.29) is 6.61 Å². The molecule has 21 heavy (non-hydrogen) atoms. The second kappa shape index (κ2) is 6.13. The molecule has 0 aromatic heterocycles. The highest BCUT2D eigenvalue weighted by atomic mass is 16.7. The van der Waals surface area contributed by atoms with Crippen LogP contribution in [0.15, 0.2) is 11.5 Å². The number of carbonyl (C=O) groups excluding carboxylic acids is 1. The smallest absolute Gasteiger partial charge is 0.378 e. The standard InChI is InChI=1S/C11H16O10/c12-1-3(13)8-7(17)9(10(18)20-8)21-11-6(16)5(15)4(14)2-19-11/h3-6,8,11-17H,1-2H2/t3-,4+,5+,6-,8+,11-/m0/s1. The summed E-state index contributed by atoms with van der Waals surface area (Å²) in [6, 6.07) is 0. The van der Waals surface area contributed by atoms with E-state index in [9.17, 15) is 30.3 Å². The van der Waals surface area contributed by atoms with Gasteiger partial charge in [0.05, 0.1) is 13.2 Å². The lowest BCUT2D eigenvalue weighted by molar-refractivity contribution is -0.258. The molecule has 10 heteroatoms. The van der Waals surface area contributed by atoms with Gasteiger partial charge in [0.2, 0.25) is 12.0 Å². The molecule has 0 radical (unpaired) electrons. The second-order valence-electron chi connectivity index (χ2n) is 4.66. The van der Waals surface area contributed by atoms with Gasteiger partial charge in [0.15, 0.2) is 11.9 Å².